The summed E-state index contributed by atoms with van der Waals surface area (Å²) < 4.78 is 19.6. The van der Waals surface area contributed by atoms with E-state index in [1.54, 1.807) is 24.3 Å². The van der Waals surface area contributed by atoms with E-state index in [4.69, 9.17) is 32.7 Å². The first kappa shape index (κ1) is 16.4. The molecule has 110 valence electrons. The highest BCUT2D eigenvalue weighted by Crippen LogP contribution is 2.17. The smallest absolute Gasteiger partial charge is 0.403 e. The minimum atomic E-state index is -0.866. The number of rotatable bonds is 8. The minimum Gasteiger partial charge on any atom is -0.490 e. The van der Waals surface area contributed by atoms with E-state index in [-0.39, 0.29) is 26.4 Å². The molecule has 0 aliphatic heterocycles. The van der Waals surface area contributed by atoms with Crippen LogP contribution in [0.2, 0.25) is 0 Å². The van der Waals surface area contributed by atoms with Crippen molar-refractivity contribution in [1.82, 2.24) is 0 Å². The molecule has 0 radical (unpaired) electrons. The Morgan fingerprint density at radius 3 is 1.40 bits per heavy atom. The van der Waals surface area contributed by atoms with E-state index in [2.05, 4.69) is 9.47 Å². The van der Waals surface area contributed by atoms with Crippen LogP contribution in [0.5, 0.6) is 11.5 Å². The van der Waals surface area contributed by atoms with Gasteiger partial charge in [0.2, 0.25) is 0 Å². The molecular formula is C12H12Cl2O6. The molecule has 1 rings (SSSR count). The molecule has 0 bridgehead atoms. The van der Waals surface area contributed by atoms with E-state index in [9.17, 15) is 9.59 Å². The van der Waals surface area contributed by atoms with E-state index < -0.39 is 10.9 Å². The van der Waals surface area contributed by atoms with Gasteiger partial charge in [-0.3, -0.25) is 0 Å². The van der Waals surface area contributed by atoms with Crippen molar-refractivity contribution in [3.63, 3.8) is 0 Å². The van der Waals surface area contributed by atoms with Crippen molar-refractivity contribution in [3.8, 4) is 11.5 Å². The van der Waals surface area contributed by atoms with Gasteiger partial charge in [0, 0.05) is 23.2 Å². The maximum absolute atomic E-state index is 10.3. The van der Waals surface area contributed by atoms with Crippen LogP contribution in [-0.2, 0) is 9.47 Å². The quantitative estimate of drug-likeness (QED) is 0.540. The molecule has 1 aromatic carbocycles. The standard InChI is InChI=1S/C12H12Cl2O6/c13-11(15)19-7-5-17-9-1-2-10(4-3-9)18-6-8-20-12(14)16/h1-4H,5-8H2. The Labute approximate surface area is 125 Å². The normalized spacial score (nSPS) is 9.70. The second kappa shape index (κ2) is 9.28. The molecule has 0 saturated heterocycles. The largest absolute Gasteiger partial charge is 0.490 e. The molecule has 0 N–H and O–H groups in total. The first-order valence-electron chi connectivity index (χ1n) is 5.58. The van der Waals surface area contributed by atoms with Crippen molar-refractivity contribution >= 4 is 34.1 Å². The molecule has 0 aromatic heterocycles. The van der Waals surface area contributed by atoms with Crippen LogP contribution in [0, 0.1) is 0 Å². The lowest BCUT2D eigenvalue weighted by atomic mass is 10.3. The molecule has 1 aromatic rings. The van der Waals surface area contributed by atoms with Crippen LogP contribution in [0.3, 0.4) is 0 Å². The highest BCUT2D eigenvalue weighted by atomic mass is 35.5. The molecule has 0 fully saturated rings. The van der Waals surface area contributed by atoms with Crippen molar-refractivity contribution in [3.05, 3.63) is 24.3 Å². The predicted molar refractivity (Wildman–Crippen MR) is 71.8 cm³/mol. The number of carbonyl (C=O) groups excluding carboxylic acids is 2. The SMILES string of the molecule is O=C(Cl)OCCOc1ccc(OCCOC(=O)Cl)cc1. The Kier molecular flexibility index (Phi) is 7.60. The number of benzene rings is 1. The molecule has 0 saturated carbocycles. The third-order valence-electron chi connectivity index (χ3n) is 1.96. The summed E-state index contributed by atoms with van der Waals surface area (Å²) in [4.78, 5) is 20.6. The summed E-state index contributed by atoms with van der Waals surface area (Å²) in [7, 11) is 0. The highest BCUT2D eigenvalue weighted by Gasteiger charge is 2.00. The lowest BCUT2D eigenvalue weighted by Crippen LogP contribution is -2.08. The molecule has 0 heterocycles. The van der Waals surface area contributed by atoms with Crippen LogP contribution in [0.4, 0.5) is 9.59 Å². The van der Waals surface area contributed by atoms with Crippen LogP contribution in [0.15, 0.2) is 24.3 Å². The van der Waals surface area contributed by atoms with Crippen LogP contribution >= 0.6 is 23.2 Å². The van der Waals surface area contributed by atoms with Gasteiger partial charge in [-0.15, -0.1) is 0 Å². The highest BCUT2D eigenvalue weighted by molar-refractivity contribution is 6.61. The van der Waals surface area contributed by atoms with Gasteiger partial charge in [-0.1, -0.05) is 0 Å². The molecule has 6 nitrogen and oxygen atoms in total. The first-order chi connectivity index (χ1) is 9.58. The predicted octanol–water partition coefficient (Wildman–Crippen LogP) is 3.20. The van der Waals surface area contributed by atoms with Gasteiger partial charge < -0.3 is 18.9 Å². The van der Waals surface area contributed by atoms with Gasteiger partial charge in [0.25, 0.3) is 0 Å². The summed E-state index contributed by atoms with van der Waals surface area (Å²) in [6.07, 6.45) is 0. The monoisotopic (exact) mass is 322 g/mol. The Hall–Kier alpha value is -1.66. The molecule has 8 heteroatoms. The van der Waals surface area contributed by atoms with Gasteiger partial charge >= 0.3 is 10.9 Å². The summed E-state index contributed by atoms with van der Waals surface area (Å²) in [6, 6.07) is 6.74. The zero-order valence-electron chi connectivity index (χ0n) is 10.3. The van der Waals surface area contributed by atoms with E-state index >= 15 is 0 Å². The molecule has 20 heavy (non-hydrogen) atoms. The lowest BCUT2D eigenvalue weighted by Gasteiger charge is -2.08. The summed E-state index contributed by atoms with van der Waals surface area (Å²) in [5.41, 5.74) is -1.73. The molecule has 0 atom stereocenters. The molecule has 0 aliphatic carbocycles. The summed E-state index contributed by atoms with van der Waals surface area (Å²) in [5.74, 6) is 1.19. The second-order valence-corrected chi connectivity index (χ2v) is 3.96. The van der Waals surface area contributed by atoms with Crippen LogP contribution in [0.25, 0.3) is 0 Å². The summed E-state index contributed by atoms with van der Waals surface area (Å²) >= 11 is 9.98. The maximum atomic E-state index is 10.3. The number of ether oxygens (including phenoxy) is 4. The van der Waals surface area contributed by atoms with Gasteiger partial charge in [0.05, 0.1) is 0 Å². The molecular weight excluding hydrogens is 311 g/mol. The number of halogens is 2. The Balaban J connectivity index is 2.22. The van der Waals surface area contributed by atoms with E-state index in [0.717, 1.165) is 0 Å². The van der Waals surface area contributed by atoms with Gasteiger partial charge in [0.1, 0.15) is 37.9 Å². The van der Waals surface area contributed by atoms with Crippen molar-refractivity contribution in [2.24, 2.45) is 0 Å². The third kappa shape index (κ3) is 7.70. The van der Waals surface area contributed by atoms with Gasteiger partial charge in [-0.25, -0.2) is 9.59 Å². The second-order valence-electron chi connectivity index (χ2n) is 3.34. The fraction of sp³-hybridized carbons (Fsp3) is 0.333. The van der Waals surface area contributed by atoms with Crippen LogP contribution < -0.4 is 9.47 Å². The minimum absolute atomic E-state index is 0.0738. The van der Waals surface area contributed by atoms with Gasteiger partial charge in [0.15, 0.2) is 0 Å². The number of hydrogen-bond donors (Lipinski definition) is 0. The van der Waals surface area contributed by atoms with Gasteiger partial charge in [-0.05, 0) is 24.3 Å². The summed E-state index contributed by atoms with van der Waals surface area (Å²) in [6.45, 7) is 0.545. The molecule has 0 aliphatic rings. The Morgan fingerprint density at radius 2 is 1.10 bits per heavy atom. The van der Waals surface area contributed by atoms with E-state index in [0.29, 0.717) is 11.5 Å². The fourth-order valence-electron chi connectivity index (χ4n) is 1.19. The molecule has 0 amide bonds. The molecule has 0 unspecified atom stereocenters. The fourth-order valence-corrected chi connectivity index (χ4v) is 1.35. The first-order valence-corrected chi connectivity index (χ1v) is 6.33. The Bertz CT molecular complexity index is 393. The van der Waals surface area contributed by atoms with E-state index in [1.807, 2.05) is 0 Å². The zero-order valence-corrected chi connectivity index (χ0v) is 11.9. The van der Waals surface area contributed by atoms with E-state index in [1.165, 1.54) is 0 Å². The zero-order chi connectivity index (χ0) is 14.8. The number of carbonyl (C=O) groups is 2. The topological polar surface area (TPSA) is 71.1 Å². The van der Waals surface area contributed by atoms with Crippen molar-refractivity contribution < 1.29 is 28.5 Å². The van der Waals surface area contributed by atoms with Crippen molar-refractivity contribution in [2.75, 3.05) is 26.4 Å². The average molecular weight is 323 g/mol. The van der Waals surface area contributed by atoms with Crippen LogP contribution in [0.1, 0.15) is 0 Å². The van der Waals surface area contributed by atoms with Crippen molar-refractivity contribution in [1.29, 1.82) is 0 Å². The Morgan fingerprint density at radius 1 is 0.750 bits per heavy atom. The van der Waals surface area contributed by atoms with Gasteiger partial charge in [-0.2, -0.15) is 0 Å². The van der Waals surface area contributed by atoms with Crippen LogP contribution in [-0.4, -0.2) is 37.3 Å². The molecule has 0 spiro atoms. The maximum Gasteiger partial charge on any atom is 0.403 e. The van der Waals surface area contributed by atoms with Crippen molar-refractivity contribution in [2.45, 2.75) is 0 Å². The average Bonchev–Trinajstić information content (AvgIpc) is 2.41. The number of hydrogen-bond acceptors (Lipinski definition) is 6. The lowest BCUT2D eigenvalue weighted by molar-refractivity contribution is 0.146. The third-order valence-corrected chi connectivity index (χ3v) is 2.18. The summed E-state index contributed by atoms with van der Waals surface area (Å²) in [5, 5.41) is 0.